The summed E-state index contributed by atoms with van der Waals surface area (Å²) in [5.41, 5.74) is 5.19. The standard InChI is InChI=1S/C21H14N6O2S/c28-19(15-6-8-16(9-7-15)26-12-22-11-24-26)25-27-13-23-20-18(21(27)29)17(10-30-20)14-4-2-1-3-5-14/h1-13H,(H,25,28). The molecule has 0 aliphatic heterocycles. The van der Waals surface area contributed by atoms with Crippen molar-refractivity contribution in [2.24, 2.45) is 0 Å². The molecule has 3 heterocycles. The van der Waals surface area contributed by atoms with E-state index >= 15 is 0 Å². The molecule has 0 bridgehead atoms. The van der Waals surface area contributed by atoms with Crippen LogP contribution < -0.4 is 11.0 Å². The normalized spacial score (nSPS) is 10.9. The quantitative estimate of drug-likeness (QED) is 0.488. The van der Waals surface area contributed by atoms with E-state index < -0.39 is 5.91 Å². The van der Waals surface area contributed by atoms with Gasteiger partial charge >= 0.3 is 0 Å². The van der Waals surface area contributed by atoms with Crippen LogP contribution in [0.5, 0.6) is 0 Å². The summed E-state index contributed by atoms with van der Waals surface area (Å²) in [6.45, 7) is 0. The SMILES string of the molecule is O=C(Nn1cnc2scc(-c3ccccc3)c2c1=O)c1ccc(-n2cncn2)cc1. The van der Waals surface area contributed by atoms with Crippen LogP contribution in [0.15, 0.2) is 83.8 Å². The fourth-order valence-corrected chi connectivity index (χ4v) is 4.03. The van der Waals surface area contributed by atoms with Gasteiger partial charge in [-0.1, -0.05) is 30.3 Å². The number of aromatic nitrogens is 5. The molecule has 2 aromatic carbocycles. The van der Waals surface area contributed by atoms with Crippen molar-refractivity contribution in [1.82, 2.24) is 24.4 Å². The summed E-state index contributed by atoms with van der Waals surface area (Å²) in [5.74, 6) is -0.417. The van der Waals surface area contributed by atoms with Crippen molar-refractivity contribution < 1.29 is 4.79 Å². The van der Waals surface area contributed by atoms with E-state index in [9.17, 15) is 9.59 Å². The van der Waals surface area contributed by atoms with Crippen molar-refractivity contribution in [3.8, 4) is 16.8 Å². The molecule has 0 saturated heterocycles. The van der Waals surface area contributed by atoms with Gasteiger partial charge in [0.2, 0.25) is 0 Å². The average Bonchev–Trinajstić information content (AvgIpc) is 3.47. The number of hydrogen-bond acceptors (Lipinski definition) is 6. The van der Waals surface area contributed by atoms with Crippen molar-refractivity contribution >= 4 is 27.5 Å². The van der Waals surface area contributed by atoms with Gasteiger partial charge in [-0.25, -0.2) is 19.3 Å². The van der Waals surface area contributed by atoms with Gasteiger partial charge in [0, 0.05) is 16.5 Å². The number of fused-ring (bicyclic) bond motifs is 1. The minimum atomic E-state index is -0.417. The van der Waals surface area contributed by atoms with Crippen LogP contribution in [0.4, 0.5) is 0 Å². The summed E-state index contributed by atoms with van der Waals surface area (Å²) in [6.07, 6.45) is 4.34. The number of rotatable bonds is 4. The third-order valence-corrected chi connectivity index (χ3v) is 5.50. The number of amides is 1. The van der Waals surface area contributed by atoms with E-state index in [0.29, 0.717) is 15.8 Å². The summed E-state index contributed by atoms with van der Waals surface area (Å²) in [5, 5.41) is 6.44. The van der Waals surface area contributed by atoms with Gasteiger partial charge in [0.25, 0.3) is 11.5 Å². The van der Waals surface area contributed by atoms with E-state index in [0.717, 1.165) is 21.5 Å². The monoisotopic (exact) mass is 414 g/mol. The summed E-state index contributed by atoms with van der Waals surface area (Å²) < 4.78 is 2.71. The van der Waals surface area contributed by atoms with Gasteiger partial charge in [0.15, 0.2) is 0 Å². The maximum atomic E-state index is 13.1. The molecule has 30 heavy (non-hydrogen) atoms. The summed E-state index contributed by atoms with van der Waals surface area (Å²) >= 11 is 1.40. The number of hydrogen-bond donors (Lipinski definition) is 1. The zero-order valence-corrected chi connectivity index (χ0v) is 16.3. The molecule has 5 aromatic rings. The van der Waals surface area contributed by atoms with Crippen molar-refractivity contribution in [3.63, 3.8) is 0 Å². The van der Waals surface area contributed by atoms with E-state index in [4.69, 9.17) is 0 Å². The van der Waals surface area contributed by atoms with Gasteiger partial charge in [0.1, 0.15) is 23.8 Å². The van der Waals surface area contributed by atoms with Gasteiger partial charge in [-0.05, 0) is 29.8 Å². The van der Waals surface area contributed by atoms with E-state index in [1.54, 1.807) is 35.3 Å². The summed E-state index contributed by atoms with van der Waals surface area (Å²) in [7, 11) is 0. The highest BCUT2D eigenvalue weighted by molar-refractivity contribution is 7.17. The Balaban J connectivity index is 1.46. The van der Waals surface area contributed by atoms with Crippen LogP contribution in [-0.2, 0) is 0 Å². The van der Waals surface area contributed by atoms with Crippen LogP contribution in [0.25, 0.3) is 27.0 Å². The Morgan fingerprint density at radius 3 is 2.53 bits per heavy atom. The second-order valence-electron chi connectivity index (χ2n) is 6.44. The zero-order chi connectivity index (χ0) is 20.5. The van der Waals surface area contributed by atoms with Gasteiger partial charge in [-0.3, -0.25) is 15.0 Å². The third kappa shape index (κ3) is 3.16. The van der Waals surface area contributed by atoms with E-state index in [2.05, 4.69) is 20.5 Å². The molecule has 0 fully saturated rings. The lowest BCUT2D eigenvalue weighted by molar-refractivity contribution is 0.101. The predicted molar refractivity (Wildman–Crippen MR) is 114 cm³/mol. The van der Waals surface area contributed by atoms with E-state index in [1.807, 2.05) is 35.7 Å². The molecule has 146 valence electrons. The fourth-order valence-electron chi connectivity index (χ4n) is 3.12. The van der Waals surface area contributed by atoms with E-state index in [-0.39, 0.29) is 5.56 Å². The average molecular weight is 414 g/mol. The summed E-state index contributed by atoms with van der Waals surface area (Å²) in [6, 6.07) is 16.4. The molecule has 0 aliphatic rings. The number of nitrogens with one attached hydrogen (secondary N) is 1. The first-order valence-electron chi connectivity index (χ1n) is 9.01. The first-order valence-corrected chi connectivity index (χ1v) is 9.89. The second kappa shape index (κ2) is 7.37. The lowest BCUT2D eigenvalue weighted by Crippen LogP contribution is -2.33. The molecule has 1 N–H and O–H groups in total. The third-order valence-electron chi connectivity index (χ3n) is 4.61. The van der Waals surface area contributed by atoms with Crippen LogP contribution in [0.1, 0.15) is 10.4 Å². The number of carbonyl (C=O) groups is 1. The molecule has 1 amide bonds. The molecule has 8 nitrogen and oxygen atoms in total. The van der Waals surface area contributed by atoms with Gasteiger partial charge in [-0.2, -0.15) is 5.10 Å². The minimum absolute atomic E-state index is 0.326. The first kappa shape index (κ1) is 18.0. The highest BCUT2D eigenvalue weighted by Crippen LogP contribution is 2.30. The molecule has 0 radical (unpaired) electrons. The molecule has 0 spiro atoms. The Bertz CT molecular complexity index is 1390. The van der Waals surface area contributed by atoms with Crippen LogP contribution in [-0.4, -0.2) is 30.3 Å². The number of nitrogens with zero attached hydrogens (tertiary/aromatic N) is 5. The number of carbonyl (C=O) groups excluding carboxylic acids is 1. The first-order chi connectivity index (χ1) is 14.7. The molecule has 0 aliphatic carbocycles. The Labute approximate surface area is 174 Å². The maximum absolute atomic E-state index is 13.1. The lowest BCUT2D eigenvalue weighted by Gasteiger charge is -2.09. The summed E-state index contributed by atoms with van der Waals surface area (Å²) in [4.78, 5) is 34.6. The highest BCUT2D eigenvalue weighted by atomic mass is 32.1. The fraction of sp³-hybridized carbons (Fsp3) is 0. The Morgan fingerprint density at radius 2 is 1.80 bits per heavy atom. The smallest absolute Gasteiger partial charge is 0.267 e. The molecular formula is C21H14N6O2S. The van der Waals surface area contributed by atoms with Gasteiger partial charge in [0.05, 0.1) is 11.1 Å². The Hall–Kier alpha value is -4.11. The molecular weight excluding hydrogens is 400 g/mol. The topological polar surface area (TPSA) is 94.7 Å². The van der Waals surface area contributed by atoms with E-state index in [1.165, 1.54) is 24.0 Å². The zero-order valence-electron chi connectivity index (χ0n) is 15.5. The molecule has 0 unspecified atom stereocenters. The molecule has 0 saturated carbocycles. The maximum Gasteiger partial charge on any atom is 0.281 e. The van der Waals surface area contributed by atoms with Crippen molar-refractivity contribution in [1.29, 1.82) is 0 Å². The van der Waals surface area contributed by atoms with Crippen LogP contribution in [0.3, 0.4) is 0 Å². The Morgan fingerprint density at radius 1 is 1.00 bits per heavy atom. The molecule has 0 atom stereocenters. The second-order valence-corrected chi connectivity index (χ2v) is 7.30. The number of thiophene rings is 1. The largest absolute Gasteiger partial charge is 0.281 e. The molecule has 5 rings (SSSR count). The van der Waals surface area contributed by atoms with Crippen LogP contribution >= 0.6 is 11.3 Å². The minimum Gasteiger partial charge on any atom is -0.267 e. The highest BCUT2D eigenvalue weighted by Gasteiger charge is 2.15. The number of benzene rings is 2. The van der Waals surface area contributed by atoms with Crippen LogP contribution in [0, 0.1) is 0 Å². The van der Waals surface area contributed by atoms with Crippen molar-refractivity contribution in [2.75, 3.05) is 5.43 Å². The van der Waals surface area contributed by atoms with Crippen molar-refractivity contribution in [2.45, 2.75) is 0 Å². The van der Waals surface area contributed by atoms with Crippen molar-refractivity contribution in [3.05, 3.63) is 94.9 Å². The Kier molecular flexibility index (Phi) is 4.41. The molecule has 9 heteroatoms. The lowest BCUT2D eigenvalue weighted by atomic mass is 10.1. The van der Waals surface area contributed by atoms with Gasteiger partial charge in [-0.15, -0.1) is 11.3 Å². The van der Waals surface area contributed by atoms with Gasteiger partial charge < -0.3 is 0 Å². The van der Waals surface area contributed by atoms with Crippen LogP contribution in [0.2, 0.25) is 0 Å². The predicted octanol–water partition coefficient (Wildman–Crippen LogP) is 3.09. The molecule has 3 aromatic heterocycles.